The Bertz CT molecular complexity index is 220. The van der Waals surface area contributed by atoms with Crippen LogP contribution in [0.3, 0.4) is 0 Å². The van der Waals surface area contributed by atoms with Crippen molar-refractivity contribution in [2.24, 2.45) is 5.18 Å². The highest BCUT2D eigenvalue weighted by atomic mass is 127. The molecule has 0 fully saturated rings. The molecular weight excluding hydrogens is 255 g/mol. The Morgan fingerprint density at radius 3 is 2.82 bits per heavy atom. The van der Waals surface area contributed by atoms with E-state index in [1.54, 1.807) is 0 Å². The zero-order valence-electron chi connectivity index (χ0n) is 6.10. The molecule has 0 aromatic heterocycles. The summed E-state index contributed by atoms with van der Waals surface area (Å²) in [4.78, 5) is 11.6. The van der Waals surface area contributed by atoms with Crippen molar-refractivity contribution >= 4 is 24.0 Å². The molecule has 0 saturated carbocycles. The van der Waals surface area contributed by atoms with Crippen LogP contribution in [0.25, 0.3) is 0 Å². The van der Waals surface area contributed by atoms with Gasteiger partial charge in [0.2, 0.25) is 0 Å². The van der Waals surface area contributed by atoms with Crippen LogP contribution in [-0.4, -0.2) is 11.9 Å². The summed E-state index contributed by atoms with van der Waals surface area (Å²) < 4.78 is 0. The zero-order valence-corrected chi connectivity index (χ0v) is 8.43. The van der Waals surface area contributed by atoms with E-state index in [2.05, 4.69) is 5.18 Å². The molecule has 0 aliphatic carbocycles. The third kappa shape index (κ3) is 2.83. The molecule has 4 heteroatoms. The lowest BCUT2D eigenvalue weighted by Gasteiger charge is -2.15. The van der Waals surface area contributed by atoms with E-state index in [0.29, 0.717) is 0 Å². The summed E-state index contributed by atoms with van der Waals surface area (Å²) in [5.74, 6) is 0. The lowest BCUT2D eigenvalue weighted by molar-refractivity contribution is 0.582. The fourth-order valence-corrected chi connectivity index (χ4v) is 0.725. The van der Waals surface area contributed by atoms with Crippen LogP contribution in [0.1, 0.15) is 0 Å². The van der Waals surface area contributed by atoms with Gasteiger partial charge in [-0.05, 0) is 17.3 Å². The monoisotopic (exact) mass is 264 g/mol. The standard InChI is InChI=1S/C7H8N2O.HI/c1-9-5-3-2-4-7(9)6-8-10;/h2-6H,1H3;1H/b7-6+;. The number of halogens is 1. The Morgan fingerprint density at radius 2 is 2.27 bits per heavy atom. The van der Waals surface area contributed by atoms with E-state index in [1.807, 2.05) is 36.4 Å². The first kappa shape index (κ1) is 10.3. The molecule has 1 rings (SSSR count). The van der Waals surface area contributed by atoms with Gasteiger partial charge in [-0.2, -0.15) is 0 Å². The van der Waals surface area contributed by atoms with Crippen molar-refractivity contribution in [1.29, 1.82) is 0 Å². The Hall–Kier alpha value is -0.650. The van der Waals surface area contributed by atoms with Gasteiger partial charge in [-0.3, -0.25) is 0 Å². The van der Waals surface area contributed by atoms with Crippen LogP contribution >= 0.6 is 24.0 Å². The van der Waals surface area contributed by atoms with Crippen LogP contribution in [0.15, 0.2) is 41.5 Å². The molecule has 1 aliphatic heterocycles. The number of allylic oxidation sites excluding steroid dienone is 3. The van der Waals surface area contributed by atoms with Gasteiger partial charge in [-0.1, -0.05) is 6.08 Å². The van der Waals surface area contributed by atoms with Gasteiger partial charge in [-0.25, -0.2) is 0 Å². The highest BCUT2D eigenvalue weighted by molar-refractivity contribution is 14.0. The largest absolute Gasteiger partial charge is 0.350 e. The number of hydrogen-bond acceptors (Lipinski definition) is 3. The van der Waals surface area contributed by atoms with Gasteiger partial charge in [-0.15, -0.1) is 28.9 Å². The van der Waals surface area contributed by atoms with Gasteiger partial charge < -0.3 is 4.90 Å². The number of rotatable bonds is 1. The molecule has 0 saturated heterocycles. The van der Waals surface area contributed by atoms with Gasteiger partial charge in [0.25, 0.3) is 0 Å². The first-order valence-electron chi connectivity index (χ1n) is 2.95. The maximum absolute atomic E-state index is 9.81. The van der Waals surface area contributed by atoms with E-state index in [4.69, 9.17) is 0 Å². The average Bonchev–Trinajstić information content (AvgIpc) is 1.94. The smallest absolute Gasteiger partial charge is 0.0951 e. The van der Waals surface area contributed by atoms with Gasteiger partial charge >= 0.3 is 0 Å². The van der Waals surface area contributed by atoms with E-state index in [0.717, 1.165) is 5.70 Å². The van der Waals surface area contributed by atoms with E-state index in [-0.39, 0.29) is 24.0 Å². The number of hydrogen-bond donors (Lipinski definition) is 0. The highest BCUT2D eigenvalue weighted by Gasteiger charge is 1.98. The first-order chi connectivity index (χ1) is 4.84. The second-order valence-electron chi connectivity index (χ2n) is 1.97. The Kier molecular flexibility index (Phi) is 4.76. The summed E-state index contributed by atoms with van der Waals surface area (Å²) in [6, 6.07) is 0. The quantitative estimate of drug-likeness (QED) is 0.537. The molecule has 0 atom stereocenters. The van der Waals surface area contributed by atoms with E-state index >= 15 is 0 Å². The van der Waals surface area contributed by atoms with Gasteiger partial charge in [0.05, 0.1) is 11.9 Å². The van der Waals surface area contributed by atoms with Gasteiger partial charge in [0.1, 0.15) is 0 Å². The van der Waals surface area contributed by atoms with Crippen molar-refractivity contribution in [3.05, 3.63) is 41.2 Å². The van der Waals surface area contributed by atoms with Crippen molar-refractivity contribution in [2.45, 2.75) is 0 Å². The third-order valence-corrected chi connectivity index (χ3v) is 1.28. The highest BCUT2D eigenvalue weighted by Crippen LogP contribution is 2.08. The van der Waals surface area contributed by atoms with Crippen molar-refractivity contribution in [1.82, 2.24) is 4.90 Å². The minimum absolute atomic E-state index is 0. The Labute approximate surface area is 82.5 Å². The van der Waals surface area contributed by atoms with Gasteiger partial charge in [0.15, 0.2) is 0 Å². The van der Waals surface area contributed by atoms with Crippen LogP contribution in [-0.2, 0) is 0 Å². The van der Waals surface area contributed by atoms with E-state index in [1.165, 1.54) is 6.20 Å². The van der Waals surface area contributed by atoms with Crippen LogP contribution in [0.5, 0.6) is 0 Å². The summed E-state index contributed by atoms with van der Waals surface area (Å²) in [7, 11) is 1.86. The number of nitrogens with zero attached hydrogens (tertiary/aromatic N) is 2. The van der Waals surface area contributed by atoms with Crippen LogP contribution < -0.4 is 0 Å². The molecule has 0 aromatic rings. The summed E-state index contributed by atoms with van der Waals surface area (Å²) >= 11 is 0. The average molecular weight is 264 g/mol. The molecule has 0 N–H and O–H groups in total. The Balaban J connectivity index is 0.000001000. The van der Waals surface area contributed by atoms with E-state index in [9.17, 15) is 4.91 Å². The normalized spacial score (nSPS) is 18.3. The molecule has 0 aromatic carbocycles. The molecule has 3 nitrogen and oxygen atoms in total. The number of likely N-dealkylation sites (N-methyl/N-ethyl adjacent to an activating group) is 1. The fourth-order valence-electron chi connectivity index (χ4n) is 0.725. The molecule has 1 aliphatic rings. The Morgan fingerprint density at radius 1 is 1.55 bits per heavy atom. The fraction of sp³-hybridized carbons (Fsp3) is 0.143. The van der Waals surface area contributed by atoms with Crippen molar-refractivity contribution in [3.63, 3.8) is 0 Å². The maximum atomic E-state index is 9.81. The molecule has 0 unspecified atom stereocenters. The summed E-state index contributed by atoms with van der Waals surface area (Å²) in [6.45, 7) is 0. The molecule has 60 valence electrons. The van der Waals surface area contributed by atoms with Crippen molar-refractivity contribution in [3.8, 4) is 0 Å². The first-order valence-corrected chi connectivity index (χ1v) is 2.95. The molecule has 0 bridgehead atoms. The van der Waals surface area contributed by atoms with E-state index < -0.39 is 0 Å². The second kappa shape index (κ2) is 5.06. The summed E-state index contributed by atoms with van der Waals surface area (Å²) in [5, 5.41) is 2.67. The summed E-state index contributed by atoms with van der Waals surface area (Å²) in [5.41, 5.74) is 0.803. The zero-order chi connectivity index (χ0) is 7.40. The SMILES string of the molecule is CN1C=CC=C/C1=C\N=O.I. The summed E-state index contributed by atoms with van der Waals surface area (Å²) in [6.07, 6.45) is 8.71. The second-order valence-corrected chi connectivity index (χ2v) is 1.97. The molecule has 0 radical (unpaired) electrons. The molecule has 11 heavy (non-hydrogen) atoms. The van der Waals surface area contributed by atoms with Crippen LogP contribution in [0.4, 0.5) is 0 Å². The topological polar surface area (TPSA) is 32.7 Å². The number of nitroso groups, excluding NO2 is 1. The lowest BCUT2D eigenvalue weighted by atomic mass is 10.3. The minimum atomic E-state index is 0. The predicted molar refractivity (Wildman–Crippen MR) is 55.3 cm³/mol. The molecule has 0 spiro atoms. The van der Waals surface area contributed by atoms with Crippen molar-refractivity contribution < 1.29 is 0 Å². The molecule has 0 amide bonds. The van der Waals surface area contributed by atoms with Crippen LogP contribution in [0, 0.1) is 4.91 Å². The molecule has 1 heterocycles. The predicted octanol–water partition coefficient (Wildman–Crippen LogP) is 2.23. The maximum Gasteiger partial charge on any atom is 0.0951 e. The minimum Gasteiger partial charge on any atom is -0.350 e. The lowest BCUT2D eigenvalue weighted by Crippen LogP contribution is -2.09. The van der Waals surface area contributed by atoms with Gasteiger partial charge in [0, 0.05) is 13.2 Å². The molecular formula is C7H9IN2O. The van der Waals surface area contributed by atoms with Crippen molar-refractivity contribution in [2.75, 3.05) is 7.05 Å². The third-order valence-electron chi connectivity index (χ3n) is 1.28. The van der Waals surface area contributed by atoms with Crippen LogP contribution in [0.2, 0.25) is 0 Å².